The zero-order chi connectivity index (χ0) is 16.5. The second kappa shape index (κ2) is 6.47. The summed E-state index contributed by atoms with van der Waals surface area (Å²) in [6.07, 6.45) is 4.91. The average molecular weight is 339 g/mol. The van der Waals surface area contributed by atoms with Gasteiger partial charge in [0, 0.05) is 17.1 Å². The van der Waals surface area contributed by atoms with E-state index in [1.165, 1.54) is 12.8 Å². The smallest absolute Gasteiger partial charge is 0.121 e. The van der Waals surface area contributed by atoms with E-state index in [9.17, 15) is 0 Å². The van der Waals surface area contributed by atoms with E-state index in [0.29, 0.717) is 22.7 Å². The van der Waals surface area contributed by atoms with Gasteiger partial charge in [-0.2, -0.15) is 5.26 Å². The van der Waals surface area contributed by atoms with E-state index >= 15 is 0 Å². The van der Waals surface area contributed by atoms with Gasteiger partial charge in [0.2, 0.25) is 0 Å². The van der Waals surface area contributed by atoms with Crippen molar-refractivity contribution in [3.05, 3.63) is 53.1 Å². The van der Waals surface area contributed by atoms with Crippen molar-refractivity contribution in [2.45, 2.75) is 43.9 Å². The van der Waals surface area contributed by atoms with E-state index in [1.807, 2.05) is 42.5 Å². The zero-order valence-electron chi connectivity index (χ0n) is 13.3. The fourth-order valence-electron chi connectivity index (χ4n) is 3.83. The highest BCUT2D eigenvalue weighted by Crippen LogP contribution is 2.33. The van der Waals surface area contributed by atoms with E-state index in [2.05, 4.69) is 11.4 Å². The number of fused-ring (bicyclic) bond motifs is 2. The van der Waals surface area contributed by atoms with Crippen LogP contribution < -0.4 is 10.1 Å². The van der Waals surface area contributed by atoms with Crippen molar-refractivity contribution in [2.75, 3.05) is 0 Å². The first-order valence-electron chi connectivity index (χ1n) is 8.43. The number of rotatable bonds is 3. The van der Waals surface area contributed by atoms with E-state index in [-0.39, 0.29) is 6.10 Å². The summed E-state index contributed by atoms with van der Waals surface area (Å²) in [5, 5.41) is 13.2. The van der Waals surface area contributed by atoms with Gasteiger partial charge in [-0.05, 0) is 67.1 Å². The average Bonchev–Trinajstić information content (AvgIpc) is 2.93. The quantitative estimate of drug-likeness (QED) is 0.893. The summed E-state index contributed by atoms with van der Waals surface area (Å²) in [6, 6.07) is 16.7. The number of nitrogens with zero attached hydrogens (tertiary/aromatic N) is 1. The van der Waals surface area contributed by atoms with Crippen LogP contribution >= 0.6 is 11.6 Å². The first-order chi connectivity index (χ1) is 11.7. The molecule has 3 nitrogen and oxygen atoms in total. The molecule has 4 heteroatoms. The summed E-state index contributed by atoms with van der Waals surface area (Å²) in [5.41, 5.74) is 2.70. The van der Waals surface area contributed by atoms with Gasteiger partial charge < -0.3 is 10.1 Å². The van der Waals surface area contributed by atoms with Crippen molar-refractivity contribution < 1.29 is 4.74 Å². The Bertz CT molecular complexity index is 769. The third kappa shape index (κ3) is 3.26. The number of piperidine rings is 1. The highest BCUT2D eigenvalue weighted by atomic mass is 35.5. The first-order valence-corrected chi connectivity index (χ1v) is 8.81. The van der Waals surface area contributed by atoms with Crippen LogP contribution in [0.5, 0.6) is 5.75 Å². The van der Waals surface area contributed by atoms with Crippen molar-refractivity contribution in [1.82, 2.24) is 5.32 Å². The van der Waals surface area contributed by atoms with Crippen molar-refractivity contribution in [3.63, 3.8) is 0 Å². The van der Waals surface area contributed by atoms with Gasteiger partial charge in [0.25, 0.3) is 0 Å². The summed E-state index contributed by atoms with van der Waals surface area (Å²) in [4.78, 5) is 0. The van der Waals surface area contributed by atoms with Crippen molar-refractivity contribution >= 4 is 11.6 Å². The lowest BCUT2D eigenvalue weighted by Crippen LogP contribution is -2.42. The molecule has 4 rings (SSSR count). The maximum absolute atomic E-state index is 8.92. The molecule has 2 heterocycles. The molecule has 2 bridgehead atoms. The van der Waals surface area contributed by atoms with Gasteiger partial charge in [-0.15, -0.1) is 0 Å². The van der Waals surface area contributed by atoms with Crippen LogP contribution in [-0.2, 0) is 0 Å². The van der Waals surface area contributed by atoms with Crippen LogP contribution in [0.4, 0.5) is 0 Å². The third-order valence-electron chi connectivity index (χ3n) is 4.95. The van der Waals surface area contributed by atoms with E-state index in [1.54, 1.807) is 0 Å². The Labute approximate surface area is 147 Å². The monoisotopic (exact) mass is 338 g/mol. The second-order valence-corrected chi connectivity index (χ2v) is 7.15. The van der Waals surface area contributed by atoms with Gasteiger partial charge in [0.15, 0.2) is 0 Å². The largest absolute Gasteiger partial charge is 0.490 e. The van der Waals surface area contributed by atoms with Crippen LogP contribution in [0.25, 0.3) is 11.1 Å². The van der Waals surface area contributed by atoms with E-state index in [4.69, 9.17) is 21.6 Å². The molecule has 2 aliphatic heterocycles. The molecule has 2 saturated heterocycles. The van der Waals surface area contributed by atoms with Crippen LogP contribution in [0.2, 0.25) is 5.02 Å². The molecule has 2 aliphatic rings. The molecular formula is C20H19ClN2O. The predicted octanol–water partition coefficient (Wildman–Crippen LogP) is 4.54. The Morgan fingerprint density at radius 2 is 1.71 bits per heavy atom. The van der Waals surface area contributed by atoms with Gasteiger partial charge in [-0.1, -0.05) is 23.7 Å². The Balaban J connectivity index is 1.55. The van der Waals surface area contributed by atoms with Crippen LogP contribution in [0.1, 0.15) is 31.2 Å². The van der Waals surface area contributed by atoms with Crippen LogP contribution in [0.15, 0.2) is 42.5 Å². The first kappa shape index (κ1) is 15.5. The maximum atomic E-state index is 8.92. The maximum Gasteiger partial charge on any atom is 0.121 e. The predicted molar refractivity (Wildman–Crippen MR) is 95.2 cm³/mol. The molecule has 2 aromatic rings. The zero-order valence-corrected chi connectivity index (χ0v) is 14.1. The van der Waals surface area contributed by atoms with Gasteiger partial charge in [0.1, 0.15) is 11.9 Å². The minimum Gasteiger partial charge on any atom is -0.490 e. The molecule has 0 aliphatic carbocycles. The fourth-order valence-corrected chi connectivity index (χ4v) is 4.05. The molecule has 0 saturated carbocycles. The molecule has 2 aromatic carbocycles. The molecule has 1 N–H and O–H groups in total. The Morgan fingerprint density at radius 1 is 1.00 bits per heavy atom. The summed E-state index contributed by atoms with van der Waals surface area (Å²) in [7, 11) is 0. The number of ether oxygens (including phenoxy) is 1. The van der Waals surface area contributed by atoms with Gasteiger partial charge in [-0.25, -0.2) is 0 Å². The molecule has 3 atom stereocenters. The van der Waals surface area contributed by atoms with Crippen molar-refractivity contribution in [1.29, 1.82) is 5.26 Å². The van der Waals surface area contributed by atoms with Gasteiger partial charge >= 0.3 is 0 Å². The van der Waals surface area contributed by atoms with Crippen LogP contribution in [0.3, 0.4) is 0 Å². The summed E-state index contributed by atoms with van der Waals surface area (Å²) in [5.74, 6) is 0.827. The number of halogens is 1. The molecule has 0 amide bonds. The molecular weight excluding hydrogens is 320 g/mol. The van der Waals surface area contributed by atoms with Crippen molar-refractivity contribution in [3.8, 4) is 22.9 Å². The lowest BCUT2D eigenvalue weighted by atomic mass is 10.0. The van der Waals surface area contributed by atoms with Crippen LogP contribution in [0, 0.1) is 11.3 Å². The lowest BCUT2D eigenvalue weighted by molar-refractivity contribution is 0.137. The fraction of sp³-hybridized carbons (Fsp3) is 0.350. The Hall–Kier alpha value is -2.02. The molecule has 0 spiro atoms. The SMILES string of the molecule is N#Cc1ccc(-c2cc(Cl)cc(O[C@@H]3C[C@H]4CC[C@@H](C3)N4)c2)cc1. The lowest BCUT2D eigenvalue weighted by Gasteiger charge is -2.29. The summed E-state index contributed by atoms with van der Waals surface area (Å²) in [6.45, 7) is 0. The number of nitriles is 1. The van der Waals surface area contributed by atoms with Gasteiger partial charge in [0.05, 0.1) is 11.6 Å². The van der Waals surface area contributed by atoms with E-state index in [0.717, 1.165) is 29.7 Å². The van der Waals surface area contributed by atoms with Gasteiger partial charge in [-0.3, -0.25) is 0 Å². The number of hydrogen-bond acceptors (Lipinski definition) is 3. The number of benzene rings is 2. The summed E-state index contributed by atoms with van der Waals surface area (Å²) < 4.78 is 6.25. The molecule has 0 radical (unpaired) electrons. The highest BCUT2D eigenvalue weighted by Gasteiger charge is 2.34. The Morgan fingerprint density at radius 3 is 2.38 bits per heavy atom. The third-order valence-corrected chi connectivity index (χ3v) is 5.17. The molecule has 2 fully saturated rings. The molecule has 0 aromatic heterocycles. The minimum atomic E-state index is 0.260. The molecule has 0 unspecified atom stereocenters. The normalized spacial score (nSPS) is 25.2. The molecule has 122 valence electrons. The van der Waals surface area contributed by atoms with Crippen LogP contribution in [-0.4, -0.2) is 18.2 Å². The highest BCUT2D eigenvalue weighted by molar-refractivity contribution is 6.31. The van der Waals surface area contributed by atoms with E-state index < -0.39 is 0 Å². The Kier molecular flexibility index (Phi) is 4.18. The standard InChI is InChI=1S/C20H19ClN2O/c21-16-7-15(14-3-1-13(12-22)2-4-14)8-19(9-16)24-20-10-17-5-6-18(11-20)23-17/h1-4,7-9,17-18,20,23H,5-6,10-11H2/t17-,18+,20-. The topological polar surface area (TPSA) is 45.0 Å². The molecule has 24 heavy (non-hydrogen) atoms. The van der Waals surface area contributed by atoms with Crippen molar-refractivity contribution in [2.24, 2.45) is 0 Å². The summed E-state index contributed by atoms with van der Waals surface area (Å²) >= 11 is 6.30. The number of nitrogens with one attached hydrogen (secondary N) is 1. The minimum absolute atomic E-state index is 0.260. The second-order valence-electron chi connectivity index (χ2n) is 6.71. The number of hydrogen-bond donors (Lipinski definition) is 1.